The molecule has 2 saturated heterocycles. The highest BCUT2D eigenvalue weighted by Gasteiger charge is 2.32. The van der Waals surface area contributed by atoms with E-state index in [1.165, 1.54) is 24.6 Å². The van der Waals surface area contributed by atoms with Crippen molar-refractivity contribution in [1.82, 2.24) is 14.8 Å². The third-order valence-electron chi connectivity index (χ3n) is 6.43. The van der Waals surface area contributed by atoms with Gasteiger partial charge in [0.25, 0.3) is 0 Å². The van der Waals surface area contributed by atoms with Crippen molar-refractivity contribution in [3.63, 3.8) is 0 Å². The number of hydrogen-bond donors (Lipinski definition) is 1. The van der Waals surface area contributed by atoms with Gasteiger partial charge in [-0.2, -0.15) is 0 Å². The molecule has 166 valence electrons. The zero-order valence-electron chi connectivity index (χ0n) is 17.8. The number of nitrogens with two attached hydrogens (primary N) is 1. The molecule has 1 aromatic carbocycles. The van der Waals surface area contributed by atoms with Crippen LogP contribution in [-0.4, -0.2) is 65.5 Å². The minimum absolute atomic E-state index is 0.339. The van der Waals surface area contributed by atoms with Crippen LogP contribution in [0.4, 0.5) is 5.82 Å². The van der Waals surface area contributed by atoms with Crippen LogP contribution >= 0.6 is 23.2 Å². The molecule has 0 radical (unpaired) electrons. The normalized spacial score (nSPS) is 21.4. The van der Waals surface area contributed by atoms with E-state index in [1.807, 2.05) is 12.1 Å². The minimum Gasteiger partial charge on any atom is -0.366 e. The van der Waals surface area contributed by atoms with E-state index in [0.29, 0.717) is 22.7 Å². The van der Waals surface area contributed by atoms with Crippen molar-refractivity contribution in [3.8, 4) is 0 Å². The lowest BCUT2D eigenvalue weighted by Crippen LogP contribution is -2.57. The quantitative estimate of drug-likeness (QED) is 0.735. The number of anilines is 1. The Kier molecular flexibility index (Phi) is 7.02. The third-order valence-corrected chi connectivity index (χ3v) is 6.96. The molecule has 8 heteroatoms. The fraction of sp³-hybridized carbons (Fsp3) is 0.478. The summed E-state index contributed by atoms with van der Waals surface area (Å²) in [5.41, 5.74) is 6.98. The van der Waals surface area contributed by atoms with Crippen LogP contribution in [-0.2, 0) is 6.54 Å². The molecule has 1 aromatic heterocycles. The highest BCUT2D eigenvalue weighted by molar-refractivity contribution is 6.33. The molecule has 0 aliphatic carbocycles. The zero-order valence-corrected chi connectivity index (χ0v) is 19.3. The van der Waals surface area contributed by atoms with Crippen LogP contribution in [0.3, 0.4) is 0 Å². The van der Waals surface area contributed by atoms with Gasteiger partial charge in [-0.25, -0.2) is 4.98 Å². The molecular weight excluding hydrogens is 433 g/mol. The topological polar surface area (TPSA) is 65.7 Å². The first-order valence-corrected chi connectivity index (χ1v) is 11.6. The van der Waals surface area contributed by atoms with Crippen LogP contribution in [0.15, 0.2) is 36.5 Å². The van der Waals surface area contributed by atoms with Gasteiger partial charge >= 0.3 is 0 Å². The summed E-state index contributed by atoms with van der Waals surface area (Å²) in [5.74, 6) is 0.220. The lowest BCUT2D eigenvalue weighted by Gasteiger charge is -2.47. The van der Waals surface area contributed by atoms with Crippen LogP contribution in [0.25, 0.3) is 0 Å². The number of carbonyl (C=O) groups excluding carboxylic acids is 1. The predicted molar refractivity (Wildman–Crippen MR) is 126 cm³/mol. The van der Waals surface area contributed by atoms with Gasteiger partial charge in [-0.15, -0.1) is 0 Å². The number of likely N-dealkylation sites (tertiary alicyclic amines) is 1. The number of aromatic nitrogens is 1. The van der Waals surface area contributed by atoms with Crippen molar-refractivity contribution in [2.75, 3.05) is 37.6 Å². The third kappa shape index (κ3) is 5.32. The number of piperidine rings is 1. The number of nitrogens with zero attached hydrogens (tertiary/aromatic N) is 4. The molecule has 3 heterocycles. The van der Waals surface area contributed by atoms with E-state index in [-0.39, 0.29) is 0 Å². The molecule has 1 amide bonds. The number of amides is 1. The minimum atomic E-state index is -0.512. The van der Waals surface area contributed by atoms with Gasteiger partial charge in [-0.1, -0.05) is 35.3 Å². The Bertz CT molecular complexity index is 915. The van der Waals surface area contributed by atoms with E-state index in [9.17, 15) is 4.79 Å². The van der Waals surface area contributed by atoms with Crippen molar-refractivity contribution in [3.05, 3.63) is 57.7 Å². The summed E-state index contributed by atoms with van der Waals surface area (Å²) in [6.07, 6.45) is 3.88. The maximum absolute atomic E-state index is 11.3. The van der Waals surface area contributed by atoms with Crippen LogP contribution in [0, 0.1) is 0 Å². The van der Waals surface area contributed by atoms with Gasteiger partial charge in [-0.05, 0) is 56.6 Å². The Morgan fingerprint density at radius 3 is 2.45 bits per heavy atom. The summed E-state index contributed by atoms with van der Waals surface area (Å²) in [5, 5.41) is 1.27. The van der Waals surface area contributed by atoms with E-state index >= 15 is 0 Å². The van der Waals surface area contributed by atoms with Crippen molar-refractivity contribution in [1.29, 1.82) is 0 Å². The number of piperazine rings is 1. The fourth-order valence-corrected chi connectivity index (χ4v) is 5.17. The molecule has 0 spiro atoms. The second-order valence-corrected chi connectivity index (χ2v) is 9.40. The summed E-state index contributed by atoms with van der Waals surface area (Å²) >= 11 is 12.4. The van der Waals surface area contributed by atoms with Crippen molar-refractivity contribution >= 4 is 34.9 Å². The van der Waals surface area contributed by atoms with Gasteiger partial charge in [-0.3, -0.25) is 14.6 Å². The largest absolute Gasteiger partial charge is 0.366 e. The lowest BCUT2D eigenvalue weighted by atomic mass is 9.99. The number of rotatable bonds is 5. The molecule has 4 rings (SSSR count). The molecule has 31 heavy (non-hydrogen) atoms. The summed E-state index contributed by atoms with van der Waals surface area (Å²) < 4.78 is 0. The molecule has 2 aliphatic heterocycles. The van der Waals surface area contributed by atoms with E-state index in [2.05, 4.69) is 38.7 Å². The van der Waals surface area contributed by atoms with E-state index in [0.717, 1.165) is 50.1 Å². The average Bonchev–Trinajstić information content (AvgIpc) is 2.76. The second-order valence-electron chi connectivity index (χ2n) is 8.56. The van der Waals surface area contributed by atoms with Crippen molar-refractivity contribution in [2.24, 2.45) is 5.73 Å². The van der Waals surface area contributed by atoms with E-state index in [4.69, 9.17) is 28.9 Å². The summed E-state index contributed by atoms with van der Waals surface area (Å²) in [6, 6.07) is 10.8. The van der Waals surface area contributed by atoms with Crippen molar-refractivity contribution < 1.29 is 4.79 Å². The Balaban J connectivity index is 1.30. The maximum Gasteiger partial charge on any atom is 0.250 e. The first-order valence-electron chi connectivity index (χ1n) is 10.8. The molecule has 0 saturated carbocycles. The lowest BCUT2D eigenvalue weighted by molar-refractivity contribution is 0.0690. The van der Waals surface area contributed by atoms with Crippen LogP contribution in [0.2, 0.25) is 10.0 Å². The van der Waals surface area contributed by atoms with Gasteiger partial charge in [0.15, 0.2) is 0 Å². The molecule has 2 aliphatic rings. The van der Waals surface area contributed by atoms with Gasteiger partial charge in [0.1, 0.15) is 5.82 Å². The molecule has 0 bridgehead atoms. The number of pyridine rings is 1. The monoisotopic (exact) mass is 461 g/mol. The van der Waals surface area contributed by atoms with Crippen LogP contribution in [0.1, 0.15) is 35.7 Å². The smallest absolute Gasteiger partial charge is 0.250 e. The molecule has 6 nitrogen and oxygen atoms in total. The maximum atomic E-state index is 11.3. The number of carbonyl (C=O) groups is 1. The number of halogens is 2. The molecule has 2 fully saturated rings. The number of hydrogen-bond acceptors (Lipinski definition) is 5. The van der Waals surface area contributed by atoms with Crippen molar-refractivity contribution in [2.45, 2.75) is 38.4 Å². The Morgan fingerprint density at radius 1 is 1.13 bits per heavy atom. The molecule has 1 atom stereocenters. The first kappa shape index (κ1) is 22.3. The second kappa shape index (κ2) is 9.74. The summed E-state index contributed by atoms with van der Waals surface area (Å²) in [7, 11) is 0. The zero-order chi connectivity index (χ0) is 22.0. The predicted octanol–water partition coefficient (Wildman–Crippen LogP) is 3.66. The average molecular weight is 462 g/mol. The van der Waals surface area contributed by atoms with Gasteiger partial charge in [0.05, 0.1) is 10.6 Å². The Hall–Kier alpha value is -1.86. The fourth-order valence-electron chi connectivity index (χ4n) is 4.76. The van der Waals surface area contributed by atoms with Crippen LogP contribution in [0.5, 0.6) is 0 Å². The van der Waals surface area contributed by atoms with Crippen LogP contribution < -0.4 is 10.6 Å². The van der Waals surface area contributed by atoms with E-state index < -0.39 is 5.91 Å². The SMILES string of the molecule is C[C@H]1CN(c2ncc(C(N)=O)cc2Cl)CCN1C1CCN(Cc2ccc(Cl)cc2)CC1. The molecule has 2 aromatic rings. The van der Waals surface area contributed by atoms with Gasteiger partial charge in [0.2, 0.25) is 5.91 Å². The molecule has 0 unspecified atom stereocenters. The standard InChI is InChI=1S/C23H29Cl2N5O/c1-16-14-29(23-21(25)12-18(13-27-23)22(26)31)10-11-30(16)20-6-8-28(9-7-20)15-17-2-4-19(24)5-3-17/h2-5,12-13,16,20H,6-11,14-15H2,1H3,(H2,26,31)/t16-/m0/s1. The Labute approximate surface area is 193 Å². The number of benzene rings is 1. The molecule has 2 N–H and O–H groups in total. The summed E-state index contributed by atoms with van der Waals surface area (Å²) in [4.78, 5) is 23.1. The van der Waals surface area contributed by atoms with Gasteiger partial charge < -0.3 is 10.6 Å². The first-order chi connectivity index (χ1) is 14.9. The number of primary amides is 1. The van der Waals surface area contributed by atoms with Gasteiger partial charge in [0, 0.05) is 49.5 Å². The highest BCUT2D eigenvalue weighted by atomic mass is 35.5. The Morgan fingerprint density at radius 2 is 1.84 bits per heavy atom. The van der Waals surface area contributed by atoms with E-state index in [1.54, 1.807) is 6.07 Å². The summed E-state index contributed by atoms with van der Waals surface area (Å²) in [6.45, 7) is 8.21. The highest BCUT2D eigenvalue weighted by Crippen LogP contribution is 2.29. The molecular formula is C23H29Cl2N5O.